The number of quaternary nitrogens is 1. The quantitative estimate of drug-likeness (QED) is 0.186. The van der Waals surface area contributed by atoms with Crippen LogP contribution in [0.25, 0.3) is 5.69 Å². The summed E-state index contributed by atoms with van der Waals surface area (Å²) >= 11 is 6.27. The number of aryl methyl sites for hydroxylation is 1. The number of carbonyl (C=O) groups is 1. The van der Waals surface area contributed by atoms with E-state index < -0.39 is 49.8 Å². The van der Waals surface area contributed by atoms with Gasteiger partial charge >= 0.3 is 5.97 Å². The van der Waals surface area contributed by atoms with Crippen molar-refractivity contribution in [2.24, 2.45) is 0 Å². The fourth-order valence-corrected chi connectivity index (χ4v) is 7.40. The highest BCUT2D eigenvalue weighted by Crippen LogP contribution is 2.38. The first-order chi connectivity index (χ1) is 23.3. The Balaban J connectivity index is 0.00000702. The number of carboxylic acid groups (broad SMARTS) is 1. The van der Waals surface area contributed by atoms with E-state index in [9.17, 15) is 22.7 Å². The standard InChI is InChI=1S/C36H42ClF3N4O5S.ClH/c1-36(2,23-10-16-28(37)32(19-23)49-7)33-22-41-34(43(33)25-13-11-24(38)12-14-25)17-15-27-29(39)20-26(21-30(27)40)50(47,48)42(3)31(35(45)46)9-8-18-44(4,5)6;/h10-14,16,19-22,31H,8-9,15,17-18H2,1-7H3;1H/t31-;/m0./s1. The second kappa shape index (κ2) is 16.4. The number of ether oxygens (including phenoxy) is 1. The molecule has 15 heteroatoms. The number of carboxylic acids is 1. The van der Waals surface area contributed by atoms with Gasteiger partial charge in [-0.25, -0.2) is 26.6 Å². The molecule has 9 nitrogen and oxygen atoms in total. The number of sulfonamides is 1. The predicted molar refractivity (Wildman–Crippen MR) is 186 cm³/mol. The number of likely N-dealkylation sites (N-methyl/N-ethyl adjacent to an activating group) is 1. The first-order valence-electron chi connectivity index (χ1n) is 15.9. The van der Waals surface area contributed by atoms with Crippen LogP contribution in [0.3, 0.4) is 0 Å². The SMILES string of the molecule is COc1cc(C(C)(C)c2cnc(CCc3c(F)cc(S(=O)(=O)N(C)[C@@H](CCC[N+](C)(C)C)C(=O)O)cc3F)n2-c2ccc(F)cc2)ccc1Cl.[Cl-]. The minimum atomic E-state index is -4.57. The maximum atomic E-state index is 15.6. The van der Waals surface area contributed by atoms with Gasteiger partial charge in [-0.2, -0.15) is 4.31 Å². The van der Waals surface area contributed by atoms with E-state index in [4.69, 9.17) is 16.3 Å². The lowest BCUT2D eigenvalue weighted by atomic mass is 9.81. The third kappa shape index (κ3) is 9.44. The van der Waals surface area contributed by atoms with Crippen molar-refractivity contribution in [2.75, 3.05) is 41.8 Å². The van der Waals surface area contributed by atoms with Crippen molar-refractivity contribution in [3.63, 3.8) is 0 Å². The second-order valence-corrected chi connectivity index (χ2v) is 16.1. The number of hydrogen-bond donors (Lipinski definition) is 1. The van der Waals surface area contributed by atoms with Gasteiger partial charge in [-0.1, -0.05) is 31.5 Å². The van der Waals surface area contributed by atoms with Crippen molar-refractivity contribution in [1.29, 1.82) is 0 Å². The number of aromatic nitrogens is 2. The van der Waals surface area contributed by atoms with Crippen LogP contribution >= 0.6 is 11.6 Å². The van der Waals surface area contributed by atoms with Crippen LogP contribution in [0.15, 0.2) is 65.7 Å². The Morgan fingerprint density at radius 3 is 2.20 bits per heavy atom. The Labute approximate surface area is 308 Å². The zero-order valence-corrected chi connectivity index (χ0v) is 31.9. The summed E-state index contributed by atoms with van der Waals surface area (Å²) in [7, 11) is 3.83. The molecule has 4 aromatic rings. The first kappa shape index (κ1) is 41.8. The highest BCUT2D eigenvalue weighted by molar-refractivity contribution is 7.89. The van der Waals surface area contributed by atoms with E-state index >= 15 is 8.78 Å². The number of halogens is 5. The molecule has 1 N–H and O–H groups in total. The Morgan fingerprint density at radius 1 is 1.04 bits per heavy atom. The van der Waals surface area contributed by atoms with Gasteiger partial charge < -0.3 is 26.7 Å². The van der Waals surface area contributed by atoms with Gasteiger partial charge in [0, 0.05) is 36.3 Å². The first-order valence-corrected chi connectivity index (χ1v) is 17.8. The smallest absolute Gasteiger partial charge is 0.322 e. The third-order valence-electron chi connectivity index (χ3n) is 8.85. The molecule has 4 rings (SSSR count). The van der Waals surface area contributed by atoms with Gasteiger partial charge in [0.15, 0.2) is 0 Å². The van der Waals surface area contributed by atoms with E-state index in [0.717, 1.165) is 12.6 Å². The van der Waals surface area contributed by atoms with Crippen LogP contribution in [0.4, 0.5) is 13.2 Å². The summed E-state index contributed by atoms with van der Waals surface area (Å²) in [5, 5.41) is 10.2. The minimum absolute atomic E-state index is 0. The van der Waals surface area contributed by atoms with E-state index in [1.54, 1.807) is 29.0 Å². The Bertz CT molecular complexity index is 1940. The van der Waals surface area contributed by atoms with Gasteiger partial charge in [-0.3, -0.25) is 9.36 Å². The molecular weight excluding hydrogens is 728 g/mol. The number of rotatable bonds is 15. The Morgan fingerprint density at radius 2 is 1.65 bits per heavy atom. The van der Waals surface area contributed by atoms with Gasteiger partial charge in [-0.15, -0.1) is 0 Å². The zero-order valence-electron chi connectivity index (χ0n) is 29.6. The summed E-state index contributed by atoms with van der Waals surface area (Å²) < 4.78 is 80.3. The molecule has 1 heterocycles. The monoisotopic (exact) mass is 770 g/mol. The molecule has 0 amide bonds. The van der Waals surface area contributed by atoms with Gasteiger partial charge in [0.1, 0.15) is 35.1 Å². The van der Waals surface area contributed by atoms with Crippen molar-refractivity contribution in [3.8, 4) is 11.4 Å². The van der Waals surface area contributed by atoms with Gasteiger partial charge in [0.25, 0.3) is 0 Å². The number of aliphatic carboxylic acids is 1. The molecule has 0 aliphatic carbocycles. The third-order valence-corrected chi connectivity index (χ3v) is 11.0. The van der Waals surface area contributed by atoms with Crippen LogP contribution < -0.4 is 17.1 Å². The number of nitrogens with zero attached hydrogens (tertiary/aromatic N) is 4. The highest BCUT2D eigenvalue weighted by Gasteiger charge is 2.35. The average molecular weight is 772 g/mol. The second-order valence-electron chi connectivity index (χ2n) is 13.7. The topological polar surface area (TPSA) is 102 Å². The molecule has 0 saturated carbocycles. The molecule has 0 saturated heterocycles. The molecule has 0 aliphatic rings. The normalized spacial score (nSPS) is 12.9. The average Bonchev–Trinajstić information content (AvgIpc) is 3.47. The van der Waals surface area contributed by atoms with Crippen LogP contribution in [0.2, 0.25) is 5.02 Å². The van der Waals surface area contributed by atoms with Crippen molar-refractivity contribution in [2.45, 2.75) is 55.9 Å². The molecule has 0 fully saturated rings. The van der Waals surface area contributed by atoms with Crippen molar-refractivity contribution in [1.82, 2.24) is 13.9 Å². The van der Waals surface area contributed by atoms with E-state index in [1.165, 1.54) is 19.2 Å². The van der Waals surface area contributed by atoms with E-state index in [1.807, 2.05) is 47.1 Å². The molecule has 0 radical (unpaired) electrons. The van der Waals surface area contributed by atoms with Crippen LogP contribution in [0, 0.1) is 17.5 Å². The molecule has 3 aromatic carbocycles. The van der Waals surface area contributed by atoms with Crippen molar-refractivity contribution in [3.05, 3.63) is 106 Å². The van der Waals surface area contributed by atoms with E-state index in [2.05, 4.69) is 4.98 Å². The summed E-state index contributed by atoms with van der Waals surface area (Å²) in [5.74, 6) is -3.09. The summed E-state index contributed by atoms with van der Waals surface area (Å²) in [6.07, 6.45) is 1.93. The van der Waals surface area contributed by atoms with Crippen LogP contribution in [-0.4, -0.2) is 85.7 Å². The summed E-state index contributed by atoms with van der Waals surface area (Å²) in [6.45, 7) is 4.53. The highest BCUT2D eigenvalue weighted by atomic mass is 35.5. The van der Waals surface area contributed by atoms with Crippen molar-refractivity contribution >= 4 is 27.6 Å². The van der Waals surface area contributed by atoms with Gasteiger partial charge in [-0.05, 0) is 73.4 Å². The predicted octanol–water partition coefficient (Wildman–Crippen LogP) is 3.63. The van der Waals surface area contributed by atoms with E-state index in [0.29, 0.717) is 61.9 Å². The molecule has 278 valence electrons. The van der Waals surface area contributed by atoms with E-state index in [-0.39, 0.29) is 37.2 Å². The zero-order chi connectivity index (χ0) is 37.2. The fourth-order valence-electron chi connectivity index (χ4n) is 5.84. The Hall–Kier alpha value is -3.62. The largest absolute Gasteiger partial charge is 1.00 e. The van der Waals surface area contributed by atoms with Crippen LogP contribution in [0.1, 0.15) is 49.3 Å². The summed E-state index contributed by atoms with van der Waals surface area (Å²) in [5.41, 5.74) is 1.05. The molecule has 1 atom stereocenters. The molecule has 0 aliphatic heterocycles. The Kier molecular flexibility index (Phi) is 13.4. The molecule has 0 bridgehead atoms. The number of hydrogen-bond acceptors (Lipinski definition) is 5. The lowest BCUT2D eigenvalue weighted by molar-refractivity contribution is -0.870. The van der Waals surface area contributed by atoms with Crippen LogP contribution in [-0.2, 0) is 33.1 Å². The lowest BCUT2D eigenvalue weighted by Gasteiger charge is -2.28. The maximum absolute atomic E-state index is 15.6. The number of benzene rings is 3. The summed E-state index contributed by atoms with van der Waals surface area (Å²) in [6, 6.07) is 11.1. The maximum Gasteiger partial charge on any atom is 0.322 e. The van der Waals surface area contributed by atoms with Gasteiger partial charge in [0.2, 0.25) is 10.0 Å². The number of imidazole rings is 1. The van der Waals surface area contributed by atoms with Gasteiger partial charge in [0.05, 0.1) is 50.4 Å². The fraction of sp³-hybridized carbons (Fsp3) is 0.389. The minimum Gasteiger partial charge on any atom is -1.00 e. The molecule has 0 unspecified atom stereocenters. The number of methoxy groups -OCH3 is 1. The van der Waals surface area contributed by atoms with Crippen molar-refractivity contribution < 1.29 is 53.1 Å². The molecular formula is C36H43Cl2F3N4O5S. The molecule has 1 aromatic heterocycles. The summed E-state index contributed by atoms with van der Waals surface area (Å²) in [4.78, 5) is 15.9. The lowest BCUT2D eigenvalue weighted by Crippen LogP contribution is -3.00. The molecule has 0 spiro atoms. The van der Waals surface area contributed by atoms with Crippen LogP contribution in [0.5, 0.6) is 5.75 Å². The molecule has 51 heavy (non-hydrogen) atoms.